The number of aryl methyl sites for hydroxylation is 1. The summed E-state index contributed by atoms with van der Waals surface area (Å²) in [5.41, 5.74) is 2.68. The van der Waals surface area contributed by atoms with E-state index in [1.165, 1.54) is 6.07 Å². The number of rotatable bonds is 2. The number of allylic oxidation sites excluding steroid dienone is 1. The monoisotopic (exact) mass is 300 g/mol. The molecule has 0 saturated heterocycles. The van der Waals surface area contributed by atoms with Gasteiger partial charge in [-0.1, -0.05) is 6.07 Å². The number of carbonyl (C=O) groups excluding carboxylic acids is 1. The largest absolute Gasteiger partial charge is 0.497 e. The second-order valence-electron chi connectivity index (χ2n) is 5.20. The Morgan fingerprint density at radius 1 is 1.05 bits per heavy atom. The highest BCUT2D eigenvalue weighted by Gasteiger charge is 2.22. The lowest BCUT2D eigenvalue weighted by Crippen LogP contribution is -2.14. The molecule has 0 radical (unpaired) electrons. The Kier molecular flexibility index (Phi) is 3.75. The van der Waals surface area contributed by atoms with Crippen LogP contribution >= 0.6 is 0 Å². The summed E-state index contributed by atoms with van der Waals surface area (Å²) in [4.78, 5) is 12.5. The second-order valence-corrected chi connectivity index (χ2v) is 5.20. The molecule has 0 aliphatic heterocycles. The first-order valence-electron chi connectivity index (χ1n) is 6.95. The van der Waals surface area contributed by atoms with Gasteiger partial charge in [-0.3, -0.25) is 4.79 Å². The predicted molar refractivity (Wildman–Crippen MR) is 80.0 cm³/mol. The number of hydrogen-bond donors (Lipinski definition) is 0. The van der Waals surface area contributed by atoms with Gasteiger partial charge in [0.05, 0.1) is 7.11 Å². The van der Waals surface area contributed by atoms with Crippen LogP contribution in [0.1, 0.15) is 27.9 Å². The number of ether oxygens (including phenoxy) is 1. The molecule has 0 amide bonds. The molecule has 2 aromatic rings. The van der Waals surface area contributed by atoms with Gasteiger partial charge in [0.15, 0.2) is 17.4 Å². The van der Waals surface area contributed by atoms with E-state index < -0.39 is 11.6 Å². The van der Waals surface area contributed by atoms with Gasteiger partial charge in [-0.05, 0) is 60.4 Å². The number of Topliss-reactive ketones (excluding diaryl/α,β-unsaturated/α-hetero) is 1. The fraction of sp³-hybridized carbons (Fsp3) is 0.167. The smallest absolute Gasteiger partial charge is 0.189 e. The van der Waals surface area contributed by atoms with Crippen LogP contribution in [0, 0.1) is 11.6 Å². The molecule has 2 aromatic carbocycles. The molecule has 112 valence electrons. The molecule has 1 aliphatic carbocycles. The molecule has 0 heterocycles. The summed E-state index contributed by atoms with van der Waals surface area (Å²) in [7, 11) is 1.58. The fourth-order valence-corrected chi connectivity index (χ4v) is 2.62. The summed E-state index contributed by atoms with van der Waals surface area (Å²) < 4.78 is 31.4. The molecule has 0 atom stereocenters. The molecule has 0 saturated carbocycles. The van der Waals surface area contributed by atoms with E-state index in [4.69, 9.17) is 4.74 Å². The van der Waals surface area contributed by atoms with Crippen molar-refractivity contribution in [2.24, 2.45) is 0 Å². The lowest BCUT2D eigenvalue weighted by Gasteiger charge is -2.18. The number of ketones is 1. The average Bonchev–Trinajstić information content (AvgIpc) is 2.53. The predicted octanol–water partition coefficient (Wildman–Crippen LogP) is 4.19. The van der Waals surface area contributed by atoms with Crippen LogP contribution in [0.4, 0.5) is 8.78 Å². The summed E-state index contributed by atoms with van der Waals surface area (Å²) in [6.45, 7) is 0. The van der Waals surface area contributed by atoms with Crippen LogP contribution in [0.3, 0.4) is 0 Å². The van der Waals surface area contributed by atoms with Gasteiger partial charge in [-0.25, -0.2) is 8.78 Å². The van der Waals surface area contributed by atoms with Crippen LogP contribution in [-0.2, 0) is 6.42 Å². The van der Waals surface area contributed by atoms with Gasteiger partial charge in [0, 0.05) is 11.1 Å². The summed E-state index contributed by atoms with van der Waals surface area (Å²) in [5.74, 6) is -1.16. The van der Waals surface area contributed by atoms with Gasteiger partial charge in [-0.2, -0.15) is 0 Å². The number of carbonyl (C=O) groups is 1. The Labute approximate surface area is 127 Å². The number of halogens is 2. The first-order valence-corrected chi connectivity index (χ1v) is 6.95. The van der Waals surface area contributed by atoms with E-state index in [1.54, 1.807) is 25.3 Å². The Bertz CT molecular complexity index is 779. The number of benzene rings is 2. The van der Waals surface area contributed by atoms with Crippen molar-refractivity contribution in [3.8, 4) is 5.75 Å². The highest BCUT2D eigenvalue weighted by molar-refractivity contribution is 6.13. The van der Waals surface area contributed by atoms with Crippen molar-refractivity contribution < 1.29 is 18.3 Å². The maximum atomic E-state index is 13.2. The van der Waals surface area contributed by atoms with Gasteiger partial charge < -0.3 is 4.74 Å². The summed E-state index contributed by atoms with van der Waals surface area (Å²) in [5, 5.41) is 0. The summed E-state index contributed by atoms with van der Waals surface area (Å²) in [6.07, 6.45) is 2.91. The molecule has 0 spiro atoms. The minimum Gasteiger partial charge on any atom is -0.497 e. The second kappa shape index (κ2) is 5.72. The lowest BCUT2D eigenvalue weighted by atomic mass is 9.86. The molecule has 0 unspecified atom stereocenters. The summed E-state index contributed by atoms with van der Waals surface area (Å²) in [6, 6.07) is 8.97. The van der Waals surface area contributed by atoms with Crippen LogP contribution in [-0.4, -0.2) is 12.9 Å². The van der Waals surface area contributed by atoms with Gasteiger partial charge >= 0.3 is 0 Å². The Morgan fingerprint density at radius 3 is 2.59 bits per heavy atom. The van der Waals surface area contributed by atoms with Crippen molar-refractivity contribution in [2.75, 3.05) is 7.11 Å². The van der Waals surface area contributed by atoms with E-state index in [0.717, 1.165) is 23.4 Å². The molecule has 2 nitrogen and oxygen atoms in total. The number of hydrogen-bond acceptors (Lipinski definition) is 2. The first kappa shape index (κ1) is 14.4. The maximum absolute atomic E-state index is 13.2. The van der Waals surface area contributed by atoms with Crippen LogP contribution in [0.15, 0.2) is 42.0 Å². The zero-order valence-corrected chi connectivity index (χ0v) is 12.0. The number of methoxy groups -OCH3 is 1. The van der Waals surface area contributed by atoms with E-state index in [2.05, 4.69) is 0 Å². The third-order valence-electron chi connectivity index (χ3n) is 3.80. The van der Waals surface area contributed by atoms with Crippen molar-refractivity contribution in [2.45, 2.75) is 12.8 Å². The van der Waals surface area contributed by atoms with Crippen molar-refractivity contribution in [1.82, 2.24) is 0 Å². The number of fused-ring (bicyclic) bond motifs is 1. The third-order valence-corrected chi connectivity index (χ3v) is 3.80. The molecule has 0 N–H and O–H groups in total. The quantitative estimate of drug-likeness (QED) is 0.778. The van der Waals surface area contributed by atoms with Crippen LogP contribution in [0.5, 0.6) is 5.75 Å². The molecule has 0 aromatic heterocycles. The van der Waals surface area contributed by atoms with Crippen LogP contribution < -0.4 is 4.74 Å². The Morgan fingerprint density at radius 2 is 1.86 bits per heavy atom. The summed E-state index contributed by atoms with van der Waals surface area (Å²) >= 11 is 0. The zero-order chi connectivity index (χ0) is 15.7. The molecule has 4 heteroatoms. The standard InChI is InChI=1S/C18H14F2O2/c1-22-14-5-6-15-12(10-14)3-4-13(18(15)21)8-11-2-7-16(19)17(20)9-11/h2,5-10H,3-4H2,1H3. The van der Waals surface area contributed by atoms with Gasteiger partial charge in [0.1, 0.15) is 5.75 Å². The first-order chi connectivity index (χ1) is 10.6. The van der Waals surface area contributed by atoms with E-state index in [1.807, 2.05) is 6.07 Å². The highest BCUT2D eigenvalue weighted by Crippen LogP contribution is 2.29. The lowest BCUT2D eigenvalue weighted by molar-refractivity contribution is 0.102. The fourth-order valence-electron chi connectivity index (χ4n) is 2.62. The molecule has 22 heavy (non-hydrogen) atoms. The topological polar surface area (TPSA) is 26.3 Å². The van der Waals surface area contributed by atoms with E-state index in [0.29, 0.717) is 29.5 Å². The molecule has 1 aliphatic rings. The SMILES string of the molecule is COc1ccc2c(c1)CCC(=Cc1ccc(F)c(F)c1)C2=O. The van der Waals surface area contributed by atoms with Gasteiger partial charge in [-0.15, -0.1) is 0 Å². The molecular weight excluding hydrogens is 286 g/mol. The average molecular weight is 300 g/mol. The van der Waals surface area contributed by atoms with Crippen molar-refractivity contribution in [3.63, 3.8) is 0 Å². The van der Waals surface area contributed by atoms with Crippen molar-refractivity contribution in [3.05, 3.63) is 70.3 Å². The third kappa shape index (κ3) is 2.64. The zero-order valence-electron chi connectivity index (χ0n) is 12.0. The van der Waals surface area contributed by atoms with Gasteiger partial charge in [0.2, 0.25) is 0 Å². The van der Waals surface area contributed by atoms with Crippen molar-refractivity contribution in [1.29, 1.82) is 0 Å². The Balaban J connectivity index is 1.95. The van der Waals surface area contributed by atoms with Crippen molar-refractivity contribution >= 4 is 11.9 Å². The van der Waals surface area contributed by atoms with Crippen LogP contribution in [0.25, 0.3) is 6.08 Å². The normalized spacial score (nSPS) is 15.8. The minimum absolute atomic E-state index is 0.0753. The Hall–Kier alpha value is -2.49. The van der Waals surface area contributed by atoms with Gasteiger partial charge in [0.25, 0.3) is 0 Å². The molecule has 0 fully saturated rings. The minimum atomic E-state index is -0.914. The molecular formula is C18H14F2O2. The van der Waals surface area contributed by atoms with E-state index in [-0.39, 0.29) is 5.78 Å². The maximum Gasteiger partial charge on any atom is 0.189 e. The highest BCUT2D eigenvalue weighted by atomic mass is 19.2. The molecule has 0 bridgehead atoms. The van der Waals surface area contributed by atoms with E-state index >= 15 is 0 Å². The molecule has 3 rings (SSSR count). The van der Waals surface area contributed by atoms with Crippen LogP contribution in [0.2, 0.25) is 0 Å². The van der Waals surface area contributed by atoms with E-state index in [9.17, 15) is 13.6 Å².